The predicted octanol–water partition coefficient (Wildman–Crippen LogP) is 3.07. The fourth-order valence-corrected chi connectivity index (χ4v) is 3.91. The van der Waals surface area contributed by atoms with Gasteiger partial charge < -0.3 is 14.6 Å². The molecule has 1 atom stereocenters. The minimum atomic E-state index is -0.735. The molecule has 2 heterocycles. The number of aromatic nitrogens is 3. The summed E-state index contributed by atoms with van der Waals surface area (Å²) in [5, 5.41) is 11.2. The summed E-state index contributed by atoms with van der Waals surface area (Å²) in [6.45, 7) is 0.279. The predicted molar refractivity (Wildman–Crippen MR) is 117 cm³/mol. The monoisotopic (exact) mass is 429 g/mol. The van der Waals surface area contributed by atoms with Crippen molar-refractivity contribution in [2.45, 2.75) is 38.0 Å². The van der Waals surface area contributed by atoms with Gasteiger partial charge in [-0.2, -0.15) is 0 Å². The third-order valence-corrected chi connectivity index (χ3v) is 5.59. The highest BCUT2D eigenvalue weighted by molar-refractivity contribution is 5.89. The molecule has 1 saturated carbocycles. The molecule has 5 rings (SSSR count). The Morgan fingerprint density at radius 2 is 1.84 bits per heavy atom. The molecule has 162 valence electrons. The maximum absolute atomic E-state index is 13.5. The Labute approximate surface area is 184 Å². The van der Waals surface area contributed by atoms with Gasteiger partial charge in [0, 0.05) is 6.04 Å². The van der Waals surface area contributed by atoms with E-state index in [2.05, 4.69) is 15.6 Å². The Morgan fingerprint density at radius 3 is 2.59 bits per heavy atom. The lowest BCUT2D eigenvalue weighted by atomic mass is 10.0. The van der Waals surface area contributed by atoms with Crippen LogP contribution < -0.4 is 5.32 Å². The third-order valence-electron chi connectivity index (χ3n) is 5.59. The molecule has 8 nitrogen and oxygen atoms in total. The first-order chi connectivity index (χ1) is 15.7. The van der Waals surface area contributed by atoms with Crippen molar-refractivity contribution in [1.82, 2.24) is 25.2 Å². The molecule has 1 aliphatic carbocycles. The number of furan rings is 1. The van der Waals surface area contributed by atoms with Crippen molar-refractivity contribution < 1.29 is 14.0 Å². The number of amides is 2. The molecular formula is C24H23N5O3. The minimum Gasteiger partial charge on any atom is -0.467 e. The van der Waals surface area contributed by atoms with Crippen LogP contribution in [-0.2, 0) is 22.7 Å². The van der Waals surface area contributed by atoms with E-state index < -0.39 is 6.04 Å². The second kappa shape index (κ2) is 8.66. The molecule has 0 aliphatic heterocycles. The standard InChI is InChI=1S/C24H23N5O3/c30-22(16-28-21-11-5-4-10-20(21)26-27-28)29(18-12-13-18)23(17-7-2-1-3-8-17)24(31)25-15-19-9-6-14-32-19/h1-11,14,18,23H,12-13,15-16H2,(H,25,31)/t23-/m0/s1. The maximum Gasteiger partial charge on any atom is 0.247 e. The number of benzene rings is 2. The van der Waals surface area contributed by atoms with Gasteiger partial charge in [0.15, 0.2) is 0 Å². The van der Waals surface area contributed by atoms with Crippen molar-refractivity contribution in [2.24, 2.45) is 0 Å². The van der Waals surface area contributed by atoms with Crippen LogP contribution in [0.2, 0.25) is 0 Å². The van der Waals surface area contributed by atoms with Crippen LogP contribution in [0.25, 0.3) is 11.0 Å². The molecule has 2 aromatic carbocycles. The normalized spacial score (nSPS) is 14.2. The van der Waals surface area contributed by atoms with Crippen LogP contribution >= 0.6 is 0 Å². The lowest BCUT2D eigenvalue weighted by Crippen LogP contribution is -2.46. The molecule has 1 fully saturated rings. The van der Waals surface area contributed by atoms with Crippen LogP contribution in [0.15, 0.2) is 77.4 Å². The zero-order valence-corrected chi connectivity index (χ0v) is 17.4. The van der Waals surface area contributed by atoms with Gasteiger partial charge >= 0.3 is 0 Å². The van der Waals surface area contributed by atoms with Gasteiger partial charge in [-0.05, 0) is 42.7 Å². The fourth-order valence-electron chi connectivity index (χ4n) is 3.91. The topological polar surface area (TPSA) is 93.3 Å². The van der Waals surface area contributed by atoms with E-state index in [0.717, 1.165) is 29.4 Å². The molecule has 2 amide bonds. The lowest BCUT2D eigenvalue weighted by molar-refractivity contribution is -0.142. The summed E-state index contributed by atoms with van der Waals surface area (Å²) >= 11 is 0. The summed E-state index contributed by atoms with van der Waals surface area (Å²) in [5.74, 6) is 0.255. The highest BCUT2D eigenvalue weighted by Crippen LogP contribution is 2.35. The SMILES string of the molecule is O=C(NCc1ccco1)[C@H](c1ccccc1)N(C(=O)Cn1nnc2ccccc21)C1CC1. The first-order valence-electron chi connectivity index (χ1n) is 10.6. The van der Waals surface area contributed by atoms with Gasteiger partial charge in [-0.1, -0.05) is 47.7 Å². The Hall–Kier alpha value is -3.94. The average Bonchev–Trinajstić information content (AvgIpc) is 3.36. The summed E-state index contributed by atoms with van der Waals surface area (Å²) in [7, 11) is 0. The van der Waals surface area contributed by atoms with Gasteiger partial charge in [0.2, 0.25) is 11.8 Å². The Balaban J connectivity index is 1.43. The van der Waals surface area contributed by atoms with E-state index in [1.54, 1.807) is 28.0 Å². The number of carbonyl (C=O) groups is 2. The Morgan fingerprint density at radius 1 is 1.06 bits per heavy atom. The molecule has 2 aromatic heterocycles. The molecule has 0 radical (unpaired) electrons. The zero-order valence-electron chi connectivity index (χ0n) is 17.4. The van der Waals surface area contributed by atoms with Crippen molar-refractivity contribution in [3.8, 4) is 0 Å². The first kappa shape index (κ1) is 20.0. The van der Waals surface area contributed by atoms with E-state index in [9.17, 15) is 9.59 Å². The van der Waals surface area contributed by atoms with Gasteiger partial charge in [-0.3, -0.25) is 9.59 Å². The van der Waals surface area contributed by atoms with Gasteiger partial charge in [0.05, 0.1) is 18.3 Å². The molecule has 0 spiro atoms. The quantitative estimate of drug-likeness (QED) is 0.465. The van der Waals surface area contributed by atoms with Crippen molar-refractivity contribution in [3.05, 3.63) is 84.3 Å². The van der Waals surface area contributed by atoms with E-state index in [-0.39, 0.29) is 30.9 Å². The second-order valence-electron chi connectivity index (χ2n) is 7.88. The lowest BCUT2D eigenvalue weighted by Gasteiger charge is -2.31. The number of nitrogens with zero attached hydrogens (tertiary/aromatic N) is 4. The summed E-state index contributed by atoms with van der Waals surface area (Å²) in [6.07, 6.45) is 3.32. The van der Waals surface area contributed by atoms with Gasteiger partial charge in [-0.25, -0.2) is 4.68 Å². The molecule has 0 saturated heterocycles. The number of hydrogen-bond acceptors (Lipinski definition) is 5. The van der Waals surface area contributed by atoms with E-state index in [0.29, 0.717) is 5.76 Å². The van der Waals surface area contributed by atoms with Crippen molar-refractivity contribution >= 4 is 22.8 Å². The van der Waals surface area contributed by atoms with Gasteiger partial charge in [0.1, 0.15) is 23.9 Å². The van der Waals surface area contributed by atoms with Crippen LogP contribution in [0.1, 0.15) is 30.2 Å². The highest BCUT2D eigenvalue weighted by atomic mass is 16.3. The van der Waals surface area contributed by atoms with Crippen LogP contribution in [-0.4, -0.2) is 37.7 Å². The largest absolute Gasteiger partial charge is 0.467 e. The smallest absolute Gasteiger partial charge is 0.247 e. The zero-order chi connectivity index (χ0) is 21.9. The second-order valence-corrected chi connectivity index (χ2v) is 7.88. The molecular weight excluding hydrogens is 406 g/mol. The highest BCUT2D eigenvalue weighted by Gasteiger charge is 2.41. The molecule has 0 bridgehead atoms. The van der Waals surface area contributed by atoms with Gasteiger partial charge in [-0.15, -0.1) is 5.10 Å². The molecule has 0 unspecified atom stereocenters. The number of carbonyl (C=O) groups excluding carboxylic acids is 2. The van der Waals surface area contributed by atoms with Crippen molar-refractivity contribution in [1.29, 1.82) is 0 Å². The molecule has 1 N–H and O–H groups in total. The molecule has 32 heavy (non-hydrogen) atoms. The number of rotatable bonds is 8. The average molecular weight is 429 g/mol. The number of nitrogens with one attached hydrogen (secondary N) is 1. The first-order valence-corrected chi connectivity index (χ1v) is 10.6. The fraction of sp³-hybridized carbons (Fsp3) is 0.250. The molecule has 1 aliphatic rings. The number of para-hydroxylation sites is 1. The van der Waals surface area contributed by atoms with E-state index in [1.165, 1.54) is 0 Å². The number of hydrogen-bond donors (Lipinski definition) is 1. The summed E-state index contributed by atoms with van der Waals surface area (Å²) in [6, 6.07) is 19.8. The maximum atomic E-state index is 13.5. The van der Waals surface area contributed by atoms with E-state index >= 15 is 0 Å². The minimum absolute atomic E-state index is 0.0197. The van der Waals surface area contributed by atoms with E-state index in [4.69, 9.17) is 4.42 Å². The summed E-state index contributed by atoms with van der Waals surface area (Å²) in [5.41, 5.74) is 2.29. The molecule has 8 heteroatoms. The number of fused-ring (bicyclic) bond motifs is 1. The Kier molecular flexibility index (Phi) is 5.41. The van der Waals surface area contributed by atoms with Crippen LogP contribution in [0.4, 0.5) is 0 Å². The molecule has 4 aromatic rings. The van der Waals surface area contributed by atoms with Crippen LogP contribution in [0, 0.1) is 0 Å². The third kappa shape index (κ3) is 4.12. The van der Waals surface area contributed by atoms with Gasteiger partial charge in [0.25, 0.3) is 0 Å². The summed E-state index contributed by atoms with van der Waals surface area (Å²) < 4.78 is 6.93. The summed E-state index contributed by atoms with van der Waals surface area (Å²) in [4.78, 5) is 28.6. The van der Waals surface area contributed by atoms with Crippen LogP contribution in [0.3, 0.4) is 0 Å². The van der Waals surface area contributed by atoms with Crippen molar-refractivity contribution in [3.63, 3.8) is 0 Å². The van der Waals surface area contributed by atoms with Crippen molar-refractivity contribution in [2.75, 3.05) is 0 Å². The Bertz CT molecular complexity index is 1210. The van der Waals surface area contributed by atoms with E-state index in [1.807, 2.05) is 54.6 Å². The van der Waals surface area contributed by atoms with Crippen LogP contribution in [0.5, 0.6) is 0 Å².